The minimum absolute atomic E-state index is 0.0496. The Kier molecular flexibility index (Phi) is 4.80. The minimum Gasteiger partial charge on any atom is -0.338 e. The van der Waals surface area contributed by atoms with Gasteiger partial charge in [-0.2, -0.15) is 13.2 Å². The number of halogens is 3. The molecule has 0 spiro atoms. The Bertz CT molecular complexity index is 722. The second-order valence-corrected chi connectivity index (χ2v) is 10.1. The van der Waals surface area contributed by atoms with Crippen molar-refractivity contribution in [1.82, 2.24) is 14.9 Å². The van der Waals surface area contributed by atoms with Gasteiger partial charge in [0.2, 0.25) is 5.95 Å². The molecular weight excluding hydrogens is 377 g/mol. The lowest BCUT2D eigenvalue weighted by Gasteiger charge is -2.59. The van der Waals surface area contributed by atoms with E-state index in [0.29, 0.717) is 0 Å². The van der Waals surface area contributed by atoms with Gasteiger partial charge in [-0.05, 0) is 82.2 Å². The van der Waals surface area contributed by atoms with E-state index in [1.807, 2.05) is 11.9 Å². The van der Waals surface area contributed by atoms with Crippen molar-refractivity contribution in [2.45, 2.75) is 76.0 Å². The zero-order chi connectivity index (χ0) is 20.2. The molecule has 2 heterocycles. The van der Waals surface area contributed by atoms with Crippen molar-refractivity contribution >= 4 is 5.95 Å². The van der Waals surface area contributed by atoms with Crippen LogP contribution >= 0.6 is 0 Å². The Hall–Kier alpha value is -1.37. The lowest BCUT2D eigenvalue weighted by atomic mass is 9.52. The molecule has 0 radical (unpaired) electrons. The van der Waals surface area contributed by atoms with Crippen molar-refractivity contribution in [1.29, 1.82) is 0 Å². The van der Waals surface area contributed by atoms with Gasteiger partial charge in [-0.15, -0.1) is 0 Å². The van der Waals surface area contributed by atoms with Crippen LogP contribution in [0.1, 0.15) is 69.0 Å². The van der Waals surface area contributed by atoms with E-state index in [1.165, 1.54) is 25.5 Å². The Morgan fingerprint density at radius 2 is 1.62 bits per heavy atom. The third kappa shape index (κ3) is 3.64. The molecule has 4 nitrogen and oxygen atoms in total. The molecule has 7 heteroatoms. The summed E-state index contributed by atoms with van der Waals surface area (Å²) in [6, 6.07) is 0. The predicted octanol–water partition coefficient (Wildman–Crippen LogP) is 4.89. The first kappa shape index (κ1) is 19.6. The number of anilines is 1. The molecule has 0 atom stereocenters. The first-order valence-electron chi connectivity index (χ1n) is 11.2. The SMILES string of the molecule is CN(c1ncc(CN2CCCCC2)c(C(F)(F)F)n1)C12CC3CC(CC(C3)C1)C2. The Labute approximate surface area is 170 Å². The molecule has 5 aliphatic rings. The third-order valence-electron chi connectivity index (χ3n) is 7.98. The number of likely N-dealkylation sites (tertiary alicyclic amines) is 1. The van der Waals surface area contributed by atoms with E-state index in [0.717, 1.165) is 69.4 Å². The fourth-order valence-corrected chi connectivity index (χ4v) is 6.97. The summed E-state index contributed by atoms with van der Waals surface area (Å²) in [6.45, 7) is 1.99. The minimum atomic E-state index is -4.45. The first-order valence-corrected chi connectivity index (χ1v) is 11.2. The van der Waals surface area contributed by atoms with E-state index in [9.17, 15) is 13.2 Å². The van der Waals surface area contributed by atoms with Gasteiger partial charge < -0.3 is 4.90 Å². The summed E-state index contributed by atoms with van der Waals surface area (Å²) in [4.78, 5) is 12.7. The van der Waals surface area contributed by atoms with Crippen LogP contribution < -0.4 is 4.90 Å². The summed E-state index contributed by atoms with van der Waals surface area (Å²) in [7, 11) is 1.92. The average Bonchev–Trinajstić information content (AvgIpc) is 2.67. The Morgan fingerprint density at radius 1 is 1.03 bits per heavy atom. The monoisotopic (exact) mass is 408 g/mol. The number of rotatable bonds is 4. The number of nitrogens with zero attached hydrogens (tertiary/aromatic N) is 4. The van der Waals surface area contributed by atoms with Crippen LogP contribution in [0.15, 0.2) is 6.20 Å². The lowest BCUT2D eigenvalue weighted by Crippen LogP contribution is -2.59. The lowest BCUT2D eigenvalue weighted by molar-refractivity contribution is -0.142. The van der Waals surface area contributed by atoms with E-state index in [2.05, 4.69) is 14.9 Å². The molecule has 0 N–H and O–H groups in total. The smallest absolute Gasteiger partial charge is 0.338 e. The van der Waals surface area contributed by atoms with Crippen LogP contribution in [0, 0.1) is 17.8 Å². The second kappa shape index (κ2) is 7.10. The van der Waals surface area contributed by atoms with Crippen LogP contribution in [0.3, 0.4) is 0 Å². The van der Waals surface area contributed by atoms with Crippen LogP contribution in [0.25, 0.3) is 0 Å². The van der Waals surface area contributed by atoms with Crippen LogP contribution in [-0.4, -0.2) is 40.5 Å². The van der Waals surface area contributed by atoms with E-state index in [4.69, 9.17) is 0 Å². The molecule has 6 rings (SSSR count). The van der Waals surface area contributed by atoms with Crippen molar-refractivity contribution in [2.24, 2.45) is 17.8 Å². The van der Waals surface area contributed by atoms with Gasteiger partial charge in [-0.3, -0.25) is 4.90 Å². The molecule has 0 amide bonds. The topological polar surface area (TPSA) is 32.3 Å². The number of hydrogen-bond acceptors (Lipinski definition) is 4. The van der Waals surface area contributed by atoms with Gasteiger partial charge in [0.25, 0.3) is 0 Å². The number of hydrogen-bond donors (Lipinski definition) is 0. The van der Waals surface area contributed by atoms with Crippen LogP contribution in [0.2, 0.25) is 0 Å². The molecule has 29 heavy (non-hydrogen) atoms. The van der Waals surface area contributed by atoms with E-state index in [1.54, 1.807) is 0 Å². The molecule has 4 saturated carbocycles. The van der Waals surface area contributed by atoms with Crippen LogP contribution in [0.5, 0.6) is 0 Å². The van der Waals surface area contributed by atoms with Gasteiger partial charge in [0.05, 0.1) is 0 Å². The fraction of sp³-hybridized carbons (Fsp3) is 0.818. The highest BCUT2D eigenvalue weighted by Gasteiger charge is 2.53. The van der Waals surface area contributed by atoms with Gasteiger partial charge in [0.15, 0.2) is 5.69 Å². The van der Waals surface area contributed by atoms with Crippen molar-refractivity contribution in [3.8, 4) is 0 Å². The van der Waals surface area contributed by atoms with Gasteiger partial charge >= 0.3 is 6.18 Å². The average molecular weight is 409 g/mol. The Balaban J connectivity index is 1.43. The zero-order valence-electron chi connectivity index (χ0n) is 17.2. The maximum absolute atomic E-state index is 13.9. The van der Waals surface area contributed by atoms with Gasteiger partial charge in [-0.25, -0.2) is 9.97 Å². The molecule has 1 saturated heterocycles. The molecule has 5 fully saturated rings. The summed E-state index contributed by atoms with van der Waals surface area (Å²) < 4.78 is 41.6. The predicted molar refractivity (Wildman–Crippen MR) is 105 cm³/mol. The summed E-state index contributed by atoms with van der Waals surface area (Å²) >= 11 is 0. The molecule has 1 aromatic rings. The van der Waals surface area contributed by atoms with E-state index in [-0.39, 0.29) is 23.6 Å². The highest BCUT2D eigenvalue weighted by molar-refractivity contribution is 5.39. The third-order valence-corrected chi connectivity index (χ3v) is 7.98. The molecule has 0 unspecified atom stereocenters. The van der Waals surface area contributed by atoms with Gasteiger partial charge in [-0.1, -0.05) is 6.42 Å². The zero-order valence-corrected chi connectivity index (χ0v) is 17.2. The van der Waals surface area contributed by atoms with Gasteiger partial charge in [0.1, 0.15) is 0 Å². The largest absolute Gasteiger partial charge is 0.433 e. The van der Waals surface area contributed by atoms with Gasteiger partial charge in [0, 0.05) is 30.9 Å². The fourth-order valence-electron chi connectivity index (χ4n) is 6.97. The summed E-state index contributed by atoms with van der Waals surface area (Å²) in [5.74, 6) is 2.43. The maximum Gasteiger partial charge on any atom is 0.433 e. The molecule has 1 aliphatic heterocycles. The summed E-state index contributed by atoms with van der Waals surface area (Å²) in [5, 5.41) is 0. The van der Waals surface area contributed by atoms with E-state index < -0.39 is 11.9 Å². The van der Waals surface area contributed by atoms with Crippen LogP contribution in [0.4, 0.5) is 19.1 Å². The molecule has 1 aromatic heterocycles. The van der Waals surface area contributed by atoms with Crippen molar-refractivity contribution in [2.75, 3.05) is 25.0 Å². The van der Waals surface area contributed by atoms with E-state index >= 15 is 0 Å². The molecular formula is C22H31F3N4. The molecule has 4 aliphatic carbocycles. The van der Waals surface area contributed by atoms with Crippen molar-refractivity contribution in [3.63, 3.8) is 0 Å². The molecule has 4 bridgehead atoms. The van der Waals surface area contributed by atoms with Crippen molar-refractivity contribution in [3.05, 3.63) is 17.5 Å². The number of aromatic nitrogens is 2. The second-order valence-electron chi connectivity index (χ2n) is 10.1. The highest BCUT2D eigenvalue weighted by Crippen LogP contribution is 2.57. The normalized spacial score (nSPS) is 34.6. The number of alkyl halides is 3. The molecule has 0 aromatic carbocycles. The maximum atomic E-state index is 13.9. The number of piperidine rings is 1. The first-order chi connectivity index (χ1) is 13.8. The van der Waals surface area contributed by atoms with Crippen molar-refractivity contribution < 1.29 is 13.2 Å². The molecule has 160 valence electrons. The summed E-state index contributed by atoms with van der Waals surface area (Å²) in [5.41, 5.74) is -0.585. The summed E-state index contributed by atoms with van der Waals surface area (Å²) in [6.07, 6.45) is 7.39. The standard InChI is InChI=1S/C22H31F3N4/c1-28(21-10-15-7-16(11-21)9-17(8-15)12-21)20-26-13-18(19(27-20)22(23,24)25)14-29-5-3-2-4-6-29/h13,15-17H,2-12,14H2,1H3. The highest BCUT2D eigenvalue weighted by atomic mass is 19.4. The van der Waals surface area contributed by atoms with Crippen LogP contribution in [-0.2, 0) is 12.7 Å². The Morgan fingerprint density at radius 3 is 2.17 bits per heavy atom. The quantitative estimate of drug-likeness (QED) is 0.710.